The molecule has 0 saturated heterocycles. The lowest BCUT2D eigenvalue weighted by Gasteiger charge is -2.01. The minimum atomic E-state index is 0.918. The maximum Gasteiger partial charge on any atom is -0.0199 e. The second-order valence-electron chi connectivity index (χ2n) is 6.23. The zero-order valence-corrected chi connectivity index (χ0v) is 9.27. The summed E-state index contributed by atoms with van der Waals surface area (Å²) in [5.74, 6) is 3.23. The van der Waals surface area contributed by atoms with Crippen LogP contribution in [0, 0.1) is 28.6 Å². The smallest absolute Gasteiger partial charge is 0.0199 e. The van der Waals surface area contributed by atoms with Crippen molar-refractivity contribution in [2.75, 3.05) is 0 Å². The van der Waals surface area contributed by atoms with Crippen molar-refractivity contribution >= 4 is 0 Å². The Balaban J connectivity index is 1.63. The maximum absolute atomic E-state index is 2.42. The van der Waals surface area contributed by atoms with Crippen molar-refractivity contribution in [1.29, 1.82) is 0 Å². The molecule has 0 aliphatic heterocycles. The van der Waals surface area contributed by atoms with Crippen LogP contribution in [0.25, 0.3) is 0 Å². The van der Waals surface area contributed by atoms with Crippen LogP contribution in [0.3, 0.4) is 0 Å². The Hall–Kier alpha value is 0. The molecule has 0 heteroatoms. The summed E-state index contributed by atoms with van der Waals surface area (Å²) < 4.78 is 0. The van der Waals surface area contributed by atoms with Crippen LogP contribution < -0.4 is 0 Å². The number of rotatable bonds is 3. The van der Waals surface area contributed by atoms with Crippen molar-refractivity contribution in [3.63, 3.8) is 0 Å². The van der Waals surface area contributed by atoms with E-state index in [0.717, 1.165) is 28.6 Å². The highest BCUT2D eigenvalue weighted by atomic mass is 14.9. The van der Waals surface area contributed by atoms with Crippen molar-refractivity contribution in [1.82, 2.24) is 0 Å². The molecule has 4 atom stereocenters. The lowest BCUT2D eigenvalue weighted by Crippen LogP contribution is -1.95. The molecule has 0 aromatic carbocycles. The molecule has 0 amide bonds. The lowest BCUT2D eigenvalue weighted by atomic mass is 10.0. The van der Waals surface area contributed by atoms with E-state index in [1.165, 1.54) is 12.8 Å². The molecule has 0 aromatic heterocycles. The molecule has 13 heavy (non-hydrogen) atoms. The highest BCUT2D eigenvalue weighted by Crippen LogP contribution is 2.94. The Morgan fingerprint density at radius 3 is 2.54 bits per heavy atom. The van der Waals surface area contributed by atoms with Gasteiger partial charge in [0.15, 0.2) is 0 Å². The first-order valence-corrected chi connectivity index (χ1v) is 6.16. The Morgan fingerprint density at radius 2 is 2.00 bits per heavy atom. The van der Waals surface area contributed by atoms with Crippen LogP contribution in [0.15, 0.2) is 0 Å². The average molecular weight is 178 g/mol. The van der Waals surface area contributed by atoms with Gasteiger partial charge < -0.3 is 0 Å². The van der Waals surface area contributed by atoms with E-state index >= 15 is 0 Å². The van der Waals surface area contributed by atoms with E-state index in [1.807, 2.05) is 0 Å². The second-order valence-corrected chi connectivity index (χ2v) is 6.23. The van der Waals surface area contributed by atoms with Crippen LogP contribution in [0.2, 0.25) is 0 Å². The molecule has 74 valence electrons. The summed E-state index contributed by atoms with van der Waals surface area (Å²) >= 11 is 0. The first-order valence-electron chi connectivity index (χ1n) is 6.16. The summed E-state index contributed by atoms with van der Waals surface area (Å²) in [5.41, 5.74) is 1.85. The predicted molar refractivity (Wildman–Crippen MR) is 55.4 cm³/mol. The molecule has 0 nitrogen and oxygen atoms in total. The van der Waals surface area contributed by atoms with Crippen LogP contribution in [-0.4, -0.2) is 0 Å². The van der Waals surface area contributed by atoms with Gasteiger partial charge in [0.05, 0.1) is 0 Å². The minimum absolute atomic E-state index is 0.918. The highest BCUT2D eigenvalue weighted by molar-refractivity contribution is 5.35. The van der Waals surface area contributed by atoms with Gasteiger partial charge in [-0.15, -0.1) is 0 Å². The van der Waals surface area contributed by atoms with Gasteiger partial charge in [0.1, 0.15) is 0 Å². The standard InChI is InChI=1S/C13H22/c1-4-5-10-6-12(10)8-13(12)7-11(13)9(2)3/h9-11H,4-8H2,1-3H3. The topological polar surface area (TPSA) is 0 Å². The van der Waals surface area contributed by atoms with Crippen molar-refractivity contribution in [2.45, 2.75) is 52.9 Å². The number of fused-ring (bicyclic) bond motifs is 1. The fourth-order valence-corrected chi connectivity index (χ4v) is 4.44. The van der Waals surface area contributed by atoms with Gasteiger partial charge in [0.2, 0.25) is 0 Å². The zero-order valence-electron chi connectivity index (χ0n) is 9.27. The van der Waals surface area contributed by atoms with Crippen LogP contribution in [0.5, 0.6) is 0 Å². The van der Waals surface area contributed by atoms with Gasteiger partial charge in [-0.2, -0.15) is 0 Å². The third-order valence-electron chi connectivity index (χ3n) is 5.31. The van der Waals surface area contributed by atoms with Crippen molar-refractivity contribution in [3.05, 3.63) is 0 Å². The van der Waals surface area contributed by atoms with Gasteiger partial charge in [-0.1, -0.05) is 33.6 Å². The third-order valence-corrected chi connectivity index (χ3v) is 5.31. The minimum Gasteiger partial charge on any atom is -0.0654 e. The van der Waals surface area contributed by atoms with E-state index in [1.54, 1.807) is 19.3 Å². The van der Waals surface area contributed by atoms with Crippen molar-refractivity contribution in [2.24, 2.45) is 28.6 Å². The monoisotopic (exact) mass is 178 g/mol. The van der Waals surface area contributed by atoms with Gasteiger partial charge in [-0.25, -0.2) is 0 Å². The van der Waals surface area contributed by atoms with E-state index < -0.39 is 0 Å². The third kappa shape index (κ3) is 0.831. The Kier molecular flexibility index (Phi) is 1.37. The average Bonchev–Trinajstić information content (AvgIpc) is 2.93. The van der Waals surface area contributed by atoms with Gasteiger partial charge in [0, 0.05) is 0 Å². The largest absolute Gasteiger partial charge is 0.0654 e. The molecule has 3 rings (SSSR count). The molecule has 0 N–H and O–H groups in total. The first-order chi connectivity index (χ1) is 6.16. The fraction of sp³-hybridized carbons (Fsp3) is 1.00. The normalized spacial score (nSPS) is 56.3. The summed E-state index contributed by atoms with van der Waals surface area (Å²) in [6, 6.07) is 0. The molecule has 0 radical (unpaired) electrons. The summed E-state index contributed by atoms with van der Waals surface area (Å²) in [5, 5.41) is 0. The molecule has 0 bridgehead atoms. The maximum atomic E-state index is 2.42. The second kappa shape index (κ2) is 2.15. The van der Waals surface area contributed by atoms with E-state index in [4.69, 9.17) is 0 Å². The molecular formula is C13H22. The SMILES string of the molecule is CCCC1CC12CC21CC1C(C)C. The molecule has 3 fully saturated rings. The summed E-state index contributed by atoms with van der Waals surface area (Å²) in [6.45, 7) is 7.18. The molecule has 3 saturated carbocycles. The summed E-state index contributed by atoms with van der Waals surface area (Å²) in [7, 11) is 0. The van der Waals surface area contributed by atoms with Gasteiger partial charge in [-0.05, 0) is 47.8 Å². The lowest BCUT2D eigenvalue weighted by molar-refractivity contribution is 0.471. The number of hydrogen-bond donors (Lipinski definition) is 0. The molecule has 2 spiro atoms. The molecular weight excluding hydrogens is 156 g/mol. The van der Waals surface area contributed by atoms with Gasteiger partial charge >= 0.3 is 0 Å². The molecule has 3 aliphatic carbocycles. The van der Waals surface area contributed by atoms with Gasteiger partial charge in [0.25, 0.3) is 0 Å². The van der Waals surface area contributed by atoms with Crippen LogP contribution in [0.4, 0.5) is 0 Å². The summed E-state index contributed by atoms with van der Waals surface area (Å²) in [6.07, 6.45) is 7.74. The van der Waals surface area contributed by atoms with E-state index in [0.29, 0.717) is 0 Å². The molecule has 0 heterocycles. The Morgan fingerprint density at radius 1 is 1.23 bits per heavy atom. The Bertz CT molecular complexity index is 242. The van der Waals surface area contributed by atoms with Crippen LogP contribution >= 0.6 is 0 Å². The fourth-order valence-electron chi connectivity index (χ4n) is 4.44. The number of hydrogen-bond acceptors (Lipinski definition) is 0. The molecule has 0 aromatic rings. The summed E-state index contributed by atoms with van der Waals surface area (Å²) in [4.78, 5) is 0. The van der Waals surface area contributed by atoms with E-state index in [-0.39, 0.29) is 0 Å². The quantitative estimate of drug-likeness (QED) is 0.615. The van der Waals surface area contributed by atoms with Crippen LogP contribution in [0.1, 0.15) is 52.9 Å². The van der Waals surface area contributed by atoms with E-state index in [9.17, 15) is 0 Å². The zero-order chi connectivity index (χ0) is 9.27. The molecule has 4 unspecified atom stereocenters. The highest BCUT2D eigenvalue weighted by Gasteiger charge is 2.87. The molecule has 3 aliphatic rings. The van der Waals surface area contributed by atoms with Gasteiger partial charge in [-0.3, -0.25) is 0 Å². The van der Waals surface area contributed by atoms with E-state index in [2.05, 4.69) is 20.8 Å². The predicted octanol–water partition coefficient (Wildman–Crippen LogP) is 3.86. The first kappa shape index (κ1) is 8.32. The Labute approximate surface area is 82.1 Å². The van der Waals surface area contributed by atoms with Crippen molar-refractivity contribution in [3.8, 4) is 0 Å². The van der Waals surface area contributed by atoms with Crippen LogP contribution in [-0.2, 0) is 0 Å². The van der Waals surface area contributed by atoms with Crippen molar-refractivity contribution < 1.29 is 0 Å².